The molecule has 0 aliphatic rings. The van der Waals surface area contributed by atoms with Gasteiger partial charge in [0.2, 0.25) is 0 Å². The molecule has 0 fully saturated rings. The third kappa shape index (κ3) is 6.74. The van der Waals surface area contributed by atoms with Gasteiger partial charge in [0.15, 0.2) is 0 Å². The van der Waals surface area contributed by atoms with Crippen molar-refractivity contribution in [3.05, 3.63) is 30.1 Å². The van der Waals surface area contributed by atoms with Crippen molar-refractivity contribution in [1.82, 2.24) is 0 Å². The van der Waals surface area contributed by atoms with Crippen LogP contribution in [-0.4, -0.2) is 23.3 Å². The fourth-order valence-corrected chi connectivity index (χ4v) is 4.71. The first kappa shape index (κ1) is 16.7. The van der Waals surface area contributed by atoms with E-state index in [1.54, 1.807) is 6.92 Å². The summed E-state index contributed by atoms with van der Waals surface area (Å²) in [6.07, 6.45) is 2.66. The predicted molar refractivity (Wildman–Crippen MR) is 74.2 cm³/mol. The summed E-state index contributed by atoms with van der Waals surface area (Å²) >= 11 is 0. The minimum atomic E-state index is -6.05. The Morgan fingerprint density at radius 2 is 1.72 bits per heavy atom. The molecule has 104 valence electrons. The van der Waals surface area contributed by atoms with E-state index in [0.717, 1.165) is 4.73 Å². The van der Waals surface area contributed by atoms with Gasteiger partial charge in [-0.25, -0.2) is 0 Å². The quantitative estimate of drug-likeness (QED) is 0.389. The number of rotatable bonds is 4. The van der Waals surface area contributed by atoms with E-state index in [-0.39, 0.29) is 6.61 Å². The zero-order valence-corrected chi connectivity index (χ0v) is 15.4. The summed E-state index contributed by atoms with van der Waals surface area (Å²) in [4.78, 5) is 11.4. The van der Waals surface area contributed by atoms with E-state index >= 15 is 0 Å². The molecule has 0 atom stereocenters. The van der Waals surface area contributed by atoms with Gasteiger partial charge in [-0.05, 0) is 0 Å². The van der Waals surface area contributed by atoms with Crippen molar-refractivity contribution in [2.24, 2.45) is 0 Å². The fourth-order valence-electron chi connectivity index (χ4n) is 0.996. The van der Waals surface area contributed by atoms with Crippen molar-refractivity contribution in [2.45, 2.75) is 6.92 Å². The molecular formula is C8H9Cl5NO3Sb. The average Bonchev–Trinajstić information content (AvgIpc) is 2.14. The van der Waals surface area contributed by atoms with Crippen LogP contribution < -0.4 is 7.85 Å². The normalized spacial score (nSPS) is 15.4. The van der Waals surface area contributed by atoms with Gasteiger partial charge in [0.25, 0.3) is 0 Å². The zero-order chi connectivity index (χ0) is 14.1. The van der Waals surface area contributed by atoms with E-state index in [1.807, 2.05) is 0 Å². The topological polar surface area (TPSA) is 39.4 Å². The number of ether oxygens (including phenoxy) is 1. The van der Waals surface area contributed by atoms with E-state index in [2.05, 4.69) is 0 Å². The molecule has 0 aliphatic carbocycles. The van der Waals surface area contributed by atoms with Gasteiger partial charge in [-0.3, -0.25) is 0 Å². The second kappa shape index (κ2) is 4.91. The molecule has 0 unspecified atom stereocenters. The first-order valence-corrected chi connectivity index (χ1v) is 21.8. The zero-order valence-electron chi connectivity index (χ0n) is 9.03. The molecule has 0 bridgehead atoms. The van der Waals surface area contributed by atoms with Crippen LogP contribution in [0.4, 0.5) is 0 Å². The summed E-state index contributed by atoms with van der Waals surface area (Å²) in [6.45, 7) is 1.98. The van der Waals surface area contributed by atoms with Crippen LogP contribution in [0, 0.1) is 0 Å². The molecule has 1 aromatic heterocycles. The first-order chi connectivity index (χ1) is 7.90. The number of pyridine rings is 1. The molecule has 1 heterocycles. The minimum absolute atomic E-state index is 0.277. The van der Waals surface area contributed by atoms with Crippen molar-refractivity contribution in [3.8, 4) is 0 Å². The molecule has 10 heteroatoms. The standard InChI is InChI=1S/C8H9NO3.5ClH.Sb/c1-2-12-8(10)7-3-5-9(11)6-4-7;;;;;;/h3-6H,2H2,1H3;5*1H;/q;;;;;;+5/p-5. The monoisotopic (exact) mass is 463 g/mol. The van der Waals surface area contributed by atoms with Crippen LogP contribution in [0.2, 0.25) is 0 Å². The van der Waals surface area contributed by atoms with Crippen LogP contribution in [-0.2, 0) is 4.74 Å². The molecule has 0 amide bonds. The number of carbonyl (C=O) groups is 1. The molecule has 0 spiro atoms. The van der Waals surface area contributed by atoms with E-state index < -0.39 is 16.7 Å². The summed E-state index contributed by atoms with van der Waals surface area (Å²) in [5.41, 5.74) is 0.321. The predicted octanol–water partition coefficient (Wildman–Crippen LogP) is 3.11. The Morgan fingerprint density at radius 3 is 2.11 bits per heavy atom. The number of nitrogens with zero attached hydrogens (tertiary/aromatic N) is 1. The molecular weight excluding hydrogens is 457 g/mol. The number of hydrogen-bond donors (Lipinski definition) is 0. The fraction of sp³-hybridized carbons (Fsp3) is 0.250. The maximum absolute atomic E-state index is 11.4. The first-order valence-electron chi connectivity index (χ1n) is 4.62. The van der Waals surface area contributed by atoms with Gasteiger partial charge < -0.3 is 0 Å². The van der Waals surface area contributed by atoms with E-state index in [9.17, 15) is 4.79 Å². The molecule has 18 heavy (non-hydrogen) atoms. The second-order valence-corrected chi connectivity index (χ2v) is 48.2. The third-order valence-electron chi connectivity index (χ3n) is 1.56. The Bertz CT molecular complexity index is 457. The molecule has 0 radical (unpaired) electrons. The van der Waals surface area contributed by atoms with Crippen molar-refractivity contribution >= 4 is 60.8 Å². The molecule has 0 saturated heterocycles. The van der Waals surface area contributed by atoms with Crippen molar-refractivity contribution < 1.29 is 17.4 Å². The molecule has 0 aromatic carbocycles. The molecule has 0 aliphatic heterocycles. The average molecular weight is 466 g/mol. The molecule has 4 nitrogen and oxygen atoms in total. The number of carbonyl (C=O) groups excluding carboxylic acids is 1. The summed E-state index contributed by atoms with van der Waals surface area (Å²) in [7, 11) is 22.2. The van der Waals surface area contributed by atoms with Crippen LogP contribution in [0.25, 0.3) is 0 Å². The van der Waals surface area contributed by atoms with Crippen LogP contribution >= 0.6 is 44.1 Å². The number of esters is 1. The van der Waals surface area contributed by atoms with Gasteiger partial charge in [-0.2, -0.15) is 0 Å². The SMILES string of the molecule is CCOC(=O)c1cc[n+]([O][Sb-]([Cl])([Cl])([Cl])([Cl])[Cl])cc1. The molecule has 0 saturated carbocycles. The third-order valence-corrected chi connectivity index (χ3v) is 5.05. The number of aromatic nitrogens is 1. The Morgan fingerprint density at radius 1 is 1.22 bits per heavy atom. The van der Waals surface area contributed by atoms with Crippen LogP contribution in [0.1, 0.15) is 17.3 Å². The Balaban J connectivity index is 2.89. The maximum atomic E-state index is 11.4. The van der Waals surface area contributed by atoms with Crippen LogP contribution in [0.3, 0.4) is 0 Å². The molecule has 1 aromatic rings. The van der Waals surface area contributed by atoms with E-state index in [4.69, 9.17) is 52.0 Å². The van der Waals surface area contributed by atoms with Crippen LogP contribution in [0.15, 0.2) is 24.5 Å². The van der Waals surface area contributed by atoms with Gasteiger partial charge in [0.05, 0.1) is 0 Å². The van der Waals surface area contributed by atoms with Gasteiger partial charge >= 0.3 is 122 Å². The van der Waals surface area contributed by atoms with E-state index in [0.29, 0.717) is 5.56 Å². The van der Waals surface area contributed by atoms with Crippen LogP contribution in [0.5, 0.6) is 0 Å². The summed E-state index contributed by atoms with van der Waals surface area (Å²) < 4.78 is 10.8. The van der Waals surface area contributed by atoms with Gasteiger partial charge in [-0.1, -0.05) is 0 Å². The van der Waals surface area contributed by atoms with Crippen molar-refractivity contribution in [3.63, 3.8) is 0 Å². The van der Waals surface area contributed by atoms with Crippen molar-refractivity contribution in [1.29, 1.82) is 0 Å². The Labute approximate surface area is 121 Å². The van der Waals surface area contributed by atoms with E-state index in [1.165, 1.54) is 24.5 Å². The molecule has 1 rings (SSSR count). The number of hydrogen-bond acceptors (Lipinski definition) is 3. The van der Waals surface area contributed by atoms with Gasteiger partial charge in [0.1, 0.15) is 0 Å². The van der Waals surface area contributed by atoms with Crippen molar-refractivity contribution in [2.75, 3.05) is 6.61 Å². The molecule has 0 N–H and O–H groups in total. The van der Waals surface area contributed by atoms with Gasteiger partial charge in [0, 0.05) is 0 Å². The Hall–Kier alpha value is 0.688. The summed E-state index contributed by atoms with van der Waals surface area (Å²) in [6, 6.07) is 2.83. The summed E-state index contributed by atoms with van der Waals surface area (Å²) in [5.74, 6) is -0.470. The second-order valence-electron chi connectivity index (χ2n) is 3.23. The Kier molecular flexibility index (Phi) is 4.56. The van der Waals surface area contributed by atoms with Gasteiger partial charge in [-0.15, -0.1) is 0 Å². The number of halogens is 5. The summed E-state index contributed by atoms with van der Waals surface area (Å²) in [5, 5.41) is 0.